The Morgan fingerprint density at radius 1 is 0.400 bits per heavy atom. The highest BCUT2D eigenvalue weighted by Crippen LogP contribution is 2.24. The van der Waals surface area contributed by atoms with Crippen molar-refractivity contribution >= 4 is 17.9 Å². The van der Waals surface area contributed by atoms with Crippen LogP contribution in [0.25, 0.3) is 0 Å². The normalized spacial score (nSPS) is 13.7. The van der Waals surface area contributed by atoms with Gasteiger partial charge in [-0.25, -0.2) is 0 Å². The number of likely N-dealkylation sites (tertiary alicyclic amines) is 1. The average molecular weight is 848 g/mol. The van der Waals surface area contributed by atoms with Gasteiger partial charge in [0.2, 0.25) is 0 Å². The largest absolute Gasteiger partial charge is 0.466 e. The van der Waals surface area contributed by atoms with Gasteiger partial charge in [-0.2, -0.15) is 0 Å². The fourth-order valence-corrected chi connectivity index (χ4v) is 9.11. The summed E-state index contributed by atoms with van der Waals surface area (Å²) < 4.78 is 17.2. The molecular weight excluding hydrogens is 747 g/mol. The molecule has 0 spiro atoms. The number of hydrogen-bond donors (Lipinski definition) is 0. The smallest absolute Gasteiger partial charge is 0.308 e. The topological polar surface area (TPSA) is 82.1 Å². The number of hydrogen-bond acceptors (Lipinski definition) is 7. The Balaban J connectivity index is 2.25. The van der Waals surface area contributed by atoms with Crippen molar-refractivity contribution < 1.29 is 28.6 Å². The van der Waals surface area contributed by atoms with E-state index in [1.165, 1.54) is 154 Å². The van der Waals surface area contributed by atoms with Gasteiger partial charge in [0, 0.05) is 19.4 Å². The molecule has 0 aromatic heterocycles. The van der Waals surface area contributed by atoms with Crippen molar-refractivity contribution in [2.45, 2.75) is 265 Å². The molecule has 0 N–H and O–H groups in total. The molecule has 1 saturated heterocycles. The molecule has 7 nitrogen and oxygen atoms in total. The van der Waals surface area contributed by atoms with Crippen LogP contribution in [0.5, 0.6) is 0 Å². The summed E-state index contributed by atoms with van der Waals surface area (Å²) in [4.78, 5) is 40.8. The zero-order chi connectivity index (χ0) is 43.6. The molecule has 60 heavy (non-hydrogen) atoms. The maximum atomic E-state index is 13.2. The molecule has 0 aliphatic carbocycles. The summed E-state index contributed by atoms with van der Waals surface area (Å²) in [5, 5.41) is 0. The molecule has 1 rings (SSSR count). The van der Waals surface area contributed by atoms with Crippen LogP contribution in [0, 0.1) is 17.8 Å². The molecule has 7 heteroatoms. The van der Waals surface area contributed by atoms with Crippen LogP contribution in [0.2, 0.25) is 0 Å². The van der Waals surface area contributed by atoms with Crippen molar-refractivity contribution in [3.63, 3.8) is 0 Å². The van der Waals surface area contributed by atoms with E-state index in [1.807, 2.05) is 0 Å². The first kappa shape index (κ1) is 56.4. The number of rotatable bonds is 45. The summed E-state index contributed by atoms with van der Waals surface area (Å²) in [7, 11) is 0. The van der Waals surface area contributed by atoms with Crippen LogP contribution in [-0.2, 0) is 28.6 Å². The van der Waals surface area contributed by atoms with Gasteiger partial charge in [0.1, 0.15) is 0 Å². The number of nitrogens with zero attached hydrogens (tertiary/aromatic N) is 1. The van der Waals surface area contributed by atoms with Gasteiger partial charge in [0.05, 0.1) is 25.7 Å². The summed E-state index contributed by atoms with van der Waals surface area (Å²) >= 11 is 0. The number of unbranched alkanes of at least 4 members (excludes halogenated alkanes) is 20. The average Bonchev–Trinajstić information content (AvgIpc) is 3.76. The van der Waals surface area contributed by atoms with Crippen molar-refractivity contribution in [3.8, 4) is 0 Å². The second-order valence-corrected chi connectivity index (χ2v) is 18.9. The van der Waals surface area contributed by atoms with Crippen LogP contribution in [0.3, 0.4) is 0 Å². The van der Waals surface area contributed by atoms with Gasteiger partial charge < -0.3 is 19.1 Å². The lowest BCUT2D eigenvalue weighted by molar-refractivity contribution is -0.149. The molecule has 0 saturated carbocycles. The zero-order valence-corrected chi connectivity index (χ0v) is 40.5. The Kier molecular flexibility index (Phi) is 40.1. The maximum absolute atomic E-state index is 13.2. The van der Waals surface area contributed by atoms with E-state index in [0.29, 0.717) is 44.5 Å². The first-order chi connectivity index (χ1) is 29.4. The van der Waals surface area contributed by atoms with Gasteiger partial charge in [-0.3, -0.25) is 14.4 Å². The number of ether oxygens (including phenoxy) is 3. The zero-order valence-electron chi connectivity index (χ0n) is 40.5. The highest BCUT2D eigenvalue weighted by molar-refractivity contribution is 5.72. The minimum absolute atomic E-state index is 0.00241. The van der Waals surface area contributed by atoms with E-state index in [4.69, 9.17) is 14.2 Å². The fraction of sp³-hybridized carbons (Fsp3) is 0.943. The quantitative estimate of drug-likeness (QED) is 0.0343. The lowest BCUT2D eigenvalue weighted by Gasteiger charge is -2.18. The van der Waals surface area contributed by atoms with Crippen molar-refractivity contribution in [1.82, 2.24) is 4.90 Å². The Hall–Kier alpha value is -1.63. The standard InChI is InChI=1S/C53H101NO6/c1-5-9-23-34-48(35-24-10-6-2)46-51(55)58-43-31-21-17-14-13-15-19-27-38-50(53(57)60-45-33-42-54-40-29-30-41-54)39-28-20-16-18-22-32-44-59-52(56)47-49(36-25-11-7-3)37-26-12-8-4/h48-50H,5-47H2,1-4H3. The third-order valence-electron chi connectivity index (χ3n) is 13.1. The van der Waals surface area contributed by atoms with Gasteiger partial charge in [0.15, 0.2) is 0 Å². The SMILES string of the molecule is CCCCCC(CCCCC)CC(=O)OCCCCCCCCCCC(CCCCCCCCOC(=O)CC(CCCCC)CCCCC)C(=O)OCCCN1CCCC1. The molecule has 1 unspecified atom stereocenters. The second-order valence-electron chi connectivity index (χ2n) is 18.9. The summed E-state index contributed by atoms with van der Waals surface area (Å²) in [6.07, 6.45) is 42.0. The van der Waals surface area contributed by atoms with Crippen LogP contribution >= 0.6 is 0 Å². The van der Waals surface area contributed by atoms with Gasteiger partial charge in [-0.05, 0) is 95.6 Å². The molecule has 1 heterocycles. The summed E-state index contributed by atoms with van der Waals surface area (Å²) in [6.45, 7) is 14.1. The van der Waals surface area contributed by atoms with Crippen molar-refractivity contribution in [1.29, 1.82) is 0 Å². The minimum Gasteiger partial charge on any atom is -0.466 e. The Labute approximate surface area is 372 Å². The van der Waals surface area contributed by atoms with Gasteiger partial charge in [-0.15, -0.1) is 0 Å². The van der Waals surface area contributed by atoms with E-state index >= 15 is 0 Å². The Morgan fingerprint density at radius 3 is 1.12 bits per heavy atom. The van der Waals surface area contributed by atoms with E-state index < -0.39 is 0 Å². The van der Waals surface area contributed by atoms with Gasteiger partial charge in [-0.1, -0.05) is 182 Å². The van der Waals surface area contributed by atoms with E-state index in [0.717, 1.165) is 90.0 Å². The van der Waals surface area contributed by atoms with Crippen LogP contribution < -0.4 is 0 Å². The number of carbonyl (C=O) groups excluding carboxylic acids is 3. The third-order valence-corrected chi connectivity index (χ3v) is 13.1. The highest BCUT2D eigenvalue weighted by Gasteiger charge is 2.20. The lowest BCUT2D eigenvalue weighted by Crippen LogP contribution is -2.23. The Morgan fingerprint density at radius 2 is 0.733 bits per heavy atom. The van der Waals surface area contributed by atoms with E-state index in [2.05, 4.69) is 32.6 Å². The predicted molar refractivity (Wildman–Crippen MR) is 253 cm³/mol. The molecular formula is C53H101NO6. The van der Waals surface area contributed by atoms with Crippen molar-refractivity contribution in [2.24, 2.45) is 17.8 Å². The molecule has 1 fully saturated rings. The lowest BCUT2D eigenvalue weighted by atomic mass is 9.92. The summed E-state index contributed by atoms with van der Waals surface area (Å²) in [6, 6.07) is 0. The molecule has 354 valence electrons. The third kappa shape index (κ3) is 34.9. The maximum Gasteiger partial charge on any atom is 0.308 e. The molecule has 0 bridgehead atoms. The van der Waals surface area contributed by atoms with Crippen LogP contribution in [0.1, 0.15) is 265 Å². The number of carbonyl (C=O) groups is 3. The van der Waals surface area contributed by atoms with Crippen LogP contribution in [0.4, 0.5) is 0 Å². The van der Waals surface area contributed by atoms with E-state index in [9.17, 15) is 14.4 Å². The molecule has 1 atom stereocenters. The second kappa shape index (κ2) is 42.7. The number of esters is 3. The van der Waals surface area contributed by atoms with E-state index in [1.54, 1.807) is 0 Å². The first-order valence-electron chi connectivity index (χ1n) is 26.6. The monoisotopic (exact) mass is 848 g/mol. The van der Waals surface area contributed by atoms with Crippen LogP contribution in [-0.4, -0.2) is 62.3 Å². The van der Waals surface area contributed by atoms with Crippen LogP contribution in [0.15, 0.2) is 0 Å². The highest BCUT2D eigenvalue weighted by atomic mass is 16.5. The molecule has 1 aliphatic heterocycles. The summed E-state index contributed by atoms with van der Waals surface area (Å²) in [5.74, 6) is 1.05. The Bertz CT molecular complexity index is 947. The molecule has 0 aromatic carbocycles. The predicted octanol–water partition coefficient (Wildman–Crippen LogP) is 15.3. The molecule has 0 amide bonds. The van der Waals surface area contributed by atoms with E-state index in [-0.39, 0.29) is 23.8 Å². The summed E-state index contributed by atoms with van der Waals surface area (Å²) in [5.41, 5.74) is 0. The van der Waals surface area contributed by atoms with Gasteiger partial charge >= 0.3 is 17.9 Å². The minimum atomic E-state index is 0.00241. The van der Waals surface area contributed by atoms with Crippen molar-refractivity contribution in [2.75, 3.05) is 39.5 Å². The molecule has 0 radical (unpaired) electrons. The fourth-order valence-electron chi connectivity index (χ4n) is 9.11. The first-order valence-corrected chi connectivity index (χ1v) is 26.6. The molecule has 1 aliphatic rings. The molecule has 0 aromatic rings. The van der Waals surface area contributed by atoms with Gasteiger partial charge in [0.25, 0.3) is 0 Å². The van der Waals surface area contributed by atoms with Crippen molar-refractivity contribution in [3.05, 3.63) is 0 Å².